The van der Waals surface area contributed by atoms with E-state index in [0.29, 0.717) is 6.04 Å². The minimum atomic E-state index is 0.215. The smallest absolute Gasteiger partial charge is 0.123 e. The van der Waals surface area contributed by atoms with Crippen LogP contribution in [0.3, 0.4) is 0 Å². The van der Waals surface area contributed by atoms with Crippen LogP contribution < -0.4 is 4.74 Å². The summed E-state index contributed by atoms with van der Waals surface area (Å²) in [4.78, 5) is 2.35. The highest BCUT2D eigenvalue weighted by Crippen LogP contribution is 2.29. The molecule has 0 aromatic heterocycles. The molecule has 1 aliphatic carbocycles. The van der Waals surface area contributed by atoms with E-state index in [2.05, 4.69) is 26.9 Å². The summed E-state index contributed by atoms with van der Waals surface area (Å²) < 4.78 is 6.47. The van der Waals surface area contributed by atoms with E-state index in [0.717, 1.165) is 23.3 Å². The molecule has 1 N–H and O–H groups in total. The summed E-state index contributed by atoms with van der Waals surface area (Å²) in [7, 11) is 1.70. The first-order chi connectivity index (χ1) is 8.74. The average molecular weight is 314 g/mol. The van der Waals surface area contributed by atoms with E-state index < -0.39 is 0 Å². The first-order valence-electron chi connectivity index (χ1n) is 6.42. The van der Waals surface area contributed by atoms with Gasteiger partial charge in [-0.2, -0.15) is 0 Å². The van der Waals surface area contributed by atoms with Gasteiger partial charge in [0.25, 0.3) is 0 Å². The normalized spacial score (nSPS) is 15.8. The Bertz CT molecular complexity index is 393. The molecule has 0 heterocycles. The molecule has 1 aromatic rings. The third-order valence-electron chi connectivity index (χ3n) is 3.59. The van der Waals surface area contributed by atoms with Crippen LogP contribution in [0.25, 0.3) is 0 Å². The van der Waals surface area contributed by atoms with E-state index in [1.807, 2.05) is 12.1 Å². The number of aliphatic hydroxyl groups is 1. The molecule has 1 saturated carbocycles. The second-order valence-corrected chi connectivity index (χ2v) is 5.65. The zero-order valence-electron chi connectivity index (χ0n) is 10.7. The van der Waals surface area contributed by atoms with Crippen LogP contribution in [-0.2, 0) is 6.54 Å². The summed E-state index contributed by atoms with van der Waals surface area (Å²) >= 11 is 3.50. The highest BCUT2D eigenvalue weighted by Gasteiger charge is 2.25. The maximum Gasteiger partial charge on any atom is 0.123 e. The van der Waals surface area contributed by atoms with Gasteiger partial charge in [0, 0.05) is 29.2 Å². The Hall–Kier alpha value is -0.580. The summed E-state index contributed by atoms with van der Waals surface area (Å²) in [6, 6.07) is 6.70. The van der Waals surface area contributed by atoms with Crippen LogP contribution in [0.5, 0.6) is 5.75 Å². The molecule has 3 nitrogen and oxygen atoms in total. The van der Waals surface area contributed by atoms with Crippen molar-refractivity contribution < 1.29 is 9.84 Å². The monoisotopic (exact) mass is 313 g/mol. The van der Waals surface area contributed by atoms with Crippen molar-refractivity contribution in [3.05, 3.63) is 28.2 Å². The molecule has 1 fully saturated rings. The second-order valence-electron chi connectivity index (χ2n) is 4.73. The van der Waals surface area contributed by atoms with Gasteiger partial charge in [0.15, 0.2) is 0 Å². The van der Waals surface area contributed by atoms with Crippen molar-refractivity contribution in [1.29, 1.82) is 0 Å². The summed E-state index contributed by atoms with van der Waals surface area (Å²) in [5, 5.41) is 9.18. The van der Waals surface area contributed by atoms with Gasteiger partial charge in [0.2, 0.25) is 0 Å². The molecule has 2 rings (SSSR count). The summed E-state index contributed by atoms with van der Waals surface area (Å²) in [5.41, 5.74) is 1.17. The van der Waals surface area contributed by atoms with Gasteiger partial charge in [0.05, 0.1) is 13.7 Å². The molecule has 18 heavy (non-hydrogen) atoms. The number of benzene rings is 1. The molecule has 0 saturated heterocycles. The average Bonchev–Trinajstić information content (AvgIpc) is 2.27. The van der Waals surface area contributed by atoms with Crippen molar-refractivity contribution in [1.82, 2.24) is 4.90 Å². The van der Waals surface area contributed by atoms with Gasteiger partial charge in [-0.1, -0.05) is 22.4 Å². The fraction of sp³-hybridized carbons (Fsp3) is 0.571. The number of rotatable bonds is 6. The van der Waals surface area contributed by atoms with Gasteiger partial charge in [-0.3, -0.25) is 4.90 Å². The zero-order chi connectivity index (χ0) is 13.0. The summed E-state index contributed by atoms with van der Waals surface area (Å²) in [6.07, 6.45) is 3.80. The summed E-state index contributed by atoms with van der Waals surface area (Å²) in [6.45, 7) is 1.79. The third-order valence-corrected chi connectivity index (χ3v) is 4.09. The lowest BCUT2D eigenvalue weighted by Crippen LogP contribution is -2.41. The molecule has 0 atom stereocenters. The first-order valence-corrected chi connectivity index (χ1v) is 7.21. The van der Waals surface area contributed by atoms with Gasteiger partial charge < -0.3 is 9.84 Å². The topological polar surface area (TPSA) is 32.7 Å². The zero-order valence-corrected chi connectivity index (χ0v) is 12.3. The highest BCUT2D eigenvalue weighted by molar-refractivity contribution is 9.10. The quantitative estimate of drug-likeness (QED) is 0.876. The molecule has 0 radical (unpaired) electrons. The minimum Gasteiger partial charge on any atom is -0.496 e. The summed E-state index contributed by atoms with van der Waals surface area (Å²) in [5.74, 6) is 0.917. The molecule has 0 aliphatic heterocycles. The van der Waals surface area contributed by atoms with Crippen LogP contribution in [0.4, 0.5) is 0 Å². The lowest BCUT2D eigenvalue weighted by molar-refractivity contribution is 0.0937. The van der Waals surface area contributed by atoms with Crippen molar-refractivity contribution in [2.24, 2.45) is 0 Å². The van der Waals surface area contributed by atoms with E-state index >= 15 is 0 Å². The number of halogens is 1. The fourth-order valence-electron chi connectivity index (χ4n) is 2.36. The molecule has 0 amide bonds. The van der Waals surface area contributed by atoms with Gasteiger partial charge >= 0.3 is 0 Å². The Labute approximate surface area is 117 Å². The lowest BCUT2D eigenvalue weighted by Gasteiger charge is -2.37. The van der Waals surface area contributed by atoms with Crippen molar-refractivity contribution in [2.75, 3.05) is 20.3 Å². The van der Waals surface area contributed by atoms with Crippen molar-refractivity contribution in [3.63, 3.8) is 0 Å². The van der Waals surface area contributed by atoms with Gasteiger partial charge in [-0.25, -0.2) is 0 Å². The van der Waals surface area contributed by atoms with E-state index in [-0.39, 0.29) is 6.61 Å². The van der Waals surface area contributed by atoms with Crippen molar-refractivity contribution in [2.45, 2.75) is 31.8 Å². The maximum absolute atomic E-state index is 9.18. The Morgan fingerprint density at radius 1 is 1.44 bits per heavy atom. The minimum absolute atomic E-state index is 0.215. The molecule has 4 heteroatoms. The van der Waals surface area contributed by atoms with Crippen LogP contribution in [0.2, 0.25) is 0 Å². The Morgan fingerprint density at radius 2 is 2.22 bits per heavy atom. The first kappa shape index (κ1) is 13.8. The predicted octanol–water partition coefficient (Wildman–Crippen LogP) is 2.80. The molecular formula is C14H20BrNO2. The molecule has 0 bridgehead atoms. The molecule has 1 aromatic carbocycles. The number of hydrogen-bond acceptors (Lipinski definition) is 3. The van der Waals surface area contributed by atoms with Crippen molar-refractivity contribution in [3.8, 4) is 5.75 Å². The van der Waals surface area contributed by atoms with Gasteiger partial charge in [0.1, 0.15) is 5.75 Å². The van der Waals surface area contributed by atoms with Crippen LogP contribution >= 0.6 is 15.9 Å². The predicted molar refractivity (Wildman–Crippen MR) is 75.8 cm³/mol. The molecule has 1 aliphatic rings. The Balaban J connectivity index is 2.11. The molecule has 0 spiro atoms. The molecule has 100 valence electrons. The number of aliphatic hydroxyl groups excluding tert-OH is 1. The van der Waals surface area contributed by atoms with Gasteiger partial charge in [-0.05, 0) is 31.0 Å². The van der Waals surface area contributed by atoms with Crippen LogP contribution in [0.1, 0.15) is 24.8 Å². The Kier molecular flexibility index (Phi) is 5.03. The number of nitrogens with zero attached hydrogens (tertiary/aromatic N) is 1. The fourth-order valence-corrected chi connectivity index (χ4v) is 2.77. The SMILES string of the molecule is COc1ccc(Br)cc1CN(CCO)C1CCC1. The highest BCUT2D eigenvalue weighted by atomic mass is 79.9. The lowest BCUT2D eigenvalue weighted by atomic mass is 9.91. The van der Waals surface area contributed by atoms with Crippen molar-refractivity contribution >= 4 is 15.9 Å². The Morgan fingerprint density at radius 3 is 2.78 bits per heavy atom. The van der Waals surface area contributed by atoms with Crippen LogP contribution in [0.15, 0.2) is 22.7 Å². The standard InChI is InChI=1S/C14H20BrNO2/c1-18-14-6-5-12(15)9-11(14)10-16(7-8-17)13-3-2-4-13/h5-6,9,13,17H,2-4,7-8,10H2,1H3. The van der Waals surface area contributed by atoms with E-state index in [1.54, 1.807) is 7.11 Å². The molecular weight excluding hydrogens is 294 g/mol. The molecule has 0 unspecified atom stereocenters. The second kappa shape index (κ2) is 6.55. The number of hydrogen-bond donors (Lipinski definition) is 1. The largest absolute Gasteiger partial charge is 0.496 e. The van der Waals surface area contributed by atoms with Gasteiger partial charge in [-0.15, -0.1) is 0 Å². The van der Waals surface area contributed by atoms with Crippen LogP contribution in [0, 0.1) is 0 Å². The number of methoxy groups -OCH3 is 1. The maximum atomic E-state index is 9.18. The van der Waals surface area contributed by atoms with Crippen LogP contribution in [-0.4, -0.2) is 36.3 Å². The van der Waals surface area contributed by atoms with E-state index in [9.17, 15) is 5.11 Å². The third kappa shape index (κ3) is 3.25. The van der Waals surface area contributed by atoms with E-state index in [1.165, 1.54) is 24.8 Å². The number of ether oxygens (including phenoxy) is 1. The van der Waals surface area contributed by atoms with E-state index in [4.69, 9.17) is 4.74 Å².